The Kier molecular flexibility index (Phi) is 4.32. The SMILES string of the molecule is CC(C)c1cc(C(=O)NC2(C#N)CCCC2)nn1C(C)(C)C. The van der Waals surface area contributed by atoms with E-state index in [0.717, 1.165) is 31.4 Å². The maximum absolute atomic E-state index is 12.5. The van der Waals surface area contributed by atoms with E-state index in [1.807, 2.05) is 10.7 Å². The van der Waals surface area contributed by atoms with Crippen molar-refractivity contribution < 1.29 is 4.79 Å². The van der Waals surface area contributed by atoms with Crippen LogP contribution in [0, 0.1) is 11.3 Å². The van der Waals surface area contributed by atoms with Crippen LogP contribution in [0.15, 0.2) is 6.07 Å². The van der Waals surface area contributed by atoms with E-state index in [2.05, 4.69) is 51.1 Å². The molecule has 2 rings (SSSR count). The summed E-state index contributed by atoms with van der Waals surface area (Å²) in [4.78, 5) is 12.5. The summed E-state index contributed by atoms with van der Waals surface area (Å²) in [6.45, 7) is 10.4. The highest BCUT2D eigenvalue weighted by Crippen LogP contribution is 2.29. The van der Waals surface area contributed by atoms with E-state index < -0.39 is 5.54 Å². The molecular formula is C17H26N4O. The molecule has 1 saturated carbocycles. The Bertz CT molecular complexity index is 595. The van der Waals surface area contributed by atoms with Crippen molar-refractivity contribution in [1.82, 2.24) is 15.1 Å². The molecule has 0 atom stereocenters. The lowest BCUT2D eigenvalue weighted by atomic mass is 9.99. The summed E-state index contributed by atoms with van der Waals surface area (Å²) in [6, 6.07) is 4.14. The number of nitrogens with zero attached hydrogens (tertiary/aromatic N) is 3. The second-order valence-corrected chi connectivity index (χ2v) is 7.55. The zero-order chi connectivity index (χ0) is 16.5. The molecule has 1 aromatic rings. The number of carbonyl (C=O) groups excluding carboxylic acids is 1. The van der Waals surface area contributed by atoms with Gasteiger partial charge < -0.3 is 5.32 Å². The summed E-state index contributed by atoms with van der Waals surface area (Å²) in [7, 11) is 0. The molecule has 1 aliphatic carbocycles. The van der Waals surface area contributed by atoms with Crippen LogP contribution < -0.4 is 5.32 Å². The van der Waals surface area contributed by atoms with E-state index in [4.69, 9.17) is 0 Å². The first-order chi connectivity index (χ1) is 10.2. The second-order valence-electron chi connectivity index (χ2n) is 7.55. The zero-order valence-electron chi connectivity index (χ0n) is 14.2. The molecule has 22 heavy (non-hydrogen) atoms. The first-order valence-corrected chi connectivity index (χ1v) is 8.03. The molecule has 120 valence electrons. The van der Waals surface area contributed by atoms with E-state index in [0.29, 0.717) is 5.69 Å². The smallest absolute Gasteiger partial charge is 0.273 e. The average Bonchev–Trinajstić information content (AvgIpc) is 3.04. The maximum atomic E-state index is 12.5. The van der Waals surface area contributed by atoms with Crippen LogP contribution in [0.2, 0.25) is 0 Å². The van der Waals surface area contributed by atoms with Gasteiger partial charge >= 0.3 is 0 Å². The Balaban J connectivity index is 2.29. The Morgan fingerprint density at radius 2 is 2.00 bits per heavy atom. The van der Waals surface area contributed by atoms with Gasteiger partial charge in [0.2, 0.25) is 0 Å². The van der Waals surface area contributed by atoms with Gasteiger partial charge in [0.25, 0.3) is 5.91 Å². The molecule has 1 aliphatic rings. The predicted molar refractivity (Wildman–Crippen MR) is 85.6 cm³/mol. The number of nitrogens with one attached hydrogen (secondary N) is 1. The van der Waals surface area contributed by atoms with Crippen LogP contribution >= 0.6 is 0 Å². The molecule has 1 N–H and O–H groups in total. The molecule has 0 unspecified atom stereocenters. The van der Waals surface area contributed by atoms with Gasteiger partial charge in [-0.1, -0.05) is 13.8 Å². The summed E-state index contributed by atoms with van der Waals surface area (Å²) < 4.78 is 1.92. The van der Waals surface area contributed by atoms with Gasteiger partial charge in [-0.15, -0.1) is 0 Å². The molecule has 1 amide bonds. The van der Waals surface area contributed by atoms with E-state index in [1.165, 1.54) is 0 Å². The van der Waals surface area contributed by atoms with Gasteiger partial charge in [-0.2, -0.15) is 10.4 Å². The fraction of sp³-hybridized carbons (Fsp3) is 0.706. The predicted octanol–water partition coefficient (Wildman–Crippen LogP) is 3.33. The van der Waals surface area contributed by atoms with Gasteiger partial charge in [0.1, 0.15) is 5.54 Å². The van der Waals surface area contributed by atoms with Gasteiger partial charge in [0, 0.05) is 5.69 Å². The Morgan fingerprint density at radius 1 is 1.41 bits per heavy atom. The van der Waals surface area contributed by atoms with Crippen LogP contribution in [0.25, 0.3) is 0 Å². The van der Waals surface area contributed by atoms with E-state index >= 15 is 0 Å². The topological polar surface area (TPSA) is 70.7 Å². The van der Waals surface area contributed by atoms with Crippen LogP contribution in [0.4, 0.5) is 0 Å². The van der Waals surface area contributed by atoms with Crippen LogP contribution in [-0.2, 0) is 5.54 Å². The Morgan fingerprint density at radius 3 is 2.41 bits per heavy atom. The van der Waals surface area contributed by atoms with Crippen LogP contribution in [0.3, 0.4) is 0 Å². The number of amides is 1. The average molecular weight is 302 g/mol. The summed E-state index contributed by atoms with van der Waals surface area (Å²) in [5.74, 6) is 0.0398. The molecule has 1 heterocycles. The van der Waals surface area contributed by atoms with Crippen molar-refractivity contribution >= 4 is 5.91 Å². The molecule has 5 heteroatoms. The summed E-state index contributed by atoms with van der Waals surface area (Å²) in [5, 5.41) is 16.8. The van der Waals surface area contributed by atoms with Crippen molar-refractivity contribution in [2.45, 2.75) is 77.3 Å². The highest BCUT2D eigenvalue weighted by atomic mass is 16.2. The first kappa shape index (κ1) is 16.5. The summed E-state index contributed by atoms with van der Waals surface area (Å²) >= 11 is 0. The molecule has 0 radical (unpaired) electrons. The zero-order valence-corrected chi connectivity index (χ0v) is 14.2. The Hall–Kier alpha value is -1.83. The van der Waals surface area contributed by atoms with Crippen molar-refractivity contribution in [1.29, 1.82) is 5.26 Å². The lowest BCUT2D eigenvalue weighted by molar-refractivity contribution is 0.0914. The summed E-state index contributed by atoms with van der Waals surface area (Å²) in [5.41, 5.74) is 0.550. The molecule has 0 saturated heterocycles. The highest BCUT2D eigenvalue weighted by Gasteiger charge is 2.36. The van der Waals surface area contributed by atoms with Crippen molar-refractivity contribution in [2.75, 3.05) is 0 Å². The monoisotopic (exact) mass is 302 g/mol. The van der Waals surface area contributed by atoms with Gasteiger partial charge in [0.15, 0.2) is 5.69 Å². The lowest BCUT2D eigenvalue weighted by Crippen LogP contribution is -2.45. The van der Waals surface area contributed by atoms with Crippen molar-refractivity contribution in [3.05, 3.63) is 17.5 Å². The van der Waals surface area contributed by atoms with Crippen molar-refractivity contribution in [2.24, 2.45) is 0 Å². The second kappa shape index (κ2) is 5.75. The molecule has 5 nitrogen and oxygen atoms in total. The summed E-state index contributed by atoms with van der Waals surface area (Å²) in [6.07, 6.45) is 3.43. The minimum atomic E-state index is -0.708. The standard InChI is InChI=1S/C17H26N4O/c1-12(2)14-10-13(20-21(14)16(3,4)5)15(22)19-17(11-18)8-6-7-9-17/h10,12H,6-9H2,1-5H3,(H,19,22). The van der Waals surface area contributed by atoms with Crippen LogP contribution in [-0.4, -0.2) is 21.2 Å². The van der Waals surface area contributed by atoms with E-state index in [-0.39, 0.29) is 17.4 Å². The molecule has 1 aromatic heterocycles. The third-order valence-electron chi connectivity index (χ3n) is 4.22. The molecule has 0 bridgehead atoms. The number of carbonyl (C=O) groups is 1. The maximum Gasteiger partial charge on any atom is 0.273 e. The molecular weight excluding hydrogens is 276 g/mol. The lowest BCUT2D eigenvalue weighted by Gasteiger charge is -2.24. The largest absolute Gasteiger partial charge is 0.332 e. The van der Waals surface area contributed by atoms with Crippen molar-refractivity contribution in [3.8, 4) is 6.07 Å². The number of nitriles is 1. The molecule has 0 aromatic carbocycles. The number of rotatable bonds is 3. The van der Waals surface area contributed by atoms with E-state index in [9.17, 15) is 10.1 Å². The molecule has 0 spiro atoms. The fourth-order valence-corrected chi connectivity index (χ4v) is 2.98. The molecule has 0 aliphatic heterocycles. The van der Waals surface area contributed by atoms with E-state index in [1.54, 1.807) is 0 Å². The minimum Gasteiger partial charge on any atom is -0.332 e. The normalized spacial score (nSPS) is 17.5. The van der Waals surface area contributed by atoms with Crippen molar-refractivity contribution in [3.63, 3.8) is 0 Å². The fourth-order valence-electron chi connectivity index (χ4n) is 2.98. The third kappa shape index (κ3) is 3.16. The number of hydrogen-bond acceptors (Lipinski definition) is 3. The molecule has 1 fully saturated rings. The van der Waals surface area contributed by atoms with Gasteiger partial charge in [0.05, 0.1) is 11.6 Å². The quantitative estimate of drug-likeness (QED) is 0.931. The van der Waals surface area contributed by atoms with Gasteiger partial charge in [-0.05, 0) is 58.4 Å². The van der Waals surface area contributed by atoms with Crippen LogP contribution in [0.1, 0.15) is 82.4 Å². The number of aromatic nitrogens is 2. The first-order valence-electron chi connectivity index (χ1n) is 8.03. The minimum absolute atomic E-state index is 0.182. The van der Waals surface area contributed by atoms with Gasteiger partial charge in [-0.3, -0.25) is 9.48 Å². The van der Waals surface area contributed by atoms with Crippen LogP contribution in [0.5, 0.6) is 0 Å². The Labute approximate surface area is 132 Å². The third-order valence-corrected chi connectivity index (χ3v) is 4.22. The highest BCUT2D eigenvalue weighted by molar-refractivity contribution is 5.93. The number of hydrogen-bond donors (Lipinski definition) is 1. The van der Waals surface area contributed by atoms with Gasteiger partial charge in [-0.25, -0.2) is 0 Å².